The van der Waals surface area contributed by atoms with Gasteiger partial charge in [0, 0.05) is 6.07 Å². The van der Waals surface area contributed by atoms with Gasteiger partial charge in [0.05, 0.1) is 11.1 Å². The Labute approximate surface area is 101 Å². The zero-order chi connectivity index (χ0) is 12.1. The second kappa shape index (κ2) is 5.65. The Morgan fingerprint density at radius 1 is 1.62 bits per heavy atom. The van der Waals surface area contributed by atoms with E-state index in [0.29, 0.717) is 6.42 Å². The predicted octanol–water partition coefficient (Wildman–Crippen LogP) is 3.24. The Balaban J connectivity index is 3.00. The lowest BCUT2D eigenvalue weighted by molar-refractivity contribution is 0.0692. The number of hydrogen-bond acceptors (Lipinski definition) is 2. The van der Waals surface area contributed by atoms with Crippen LogP contribution in [-0.4, -0.2) is 17.7 Å². The number of halogens is 2. The van der Waals surface area contributed by atoms with Crippen molar-refractivity contribution in [3.63, 3.8) is 0 Å². The van der Waals surface area contributed by atoms with E-state index < -0.39 is 11.8 Å². The molecule has 0 saturated carbocycles. The molecule has 0 aliphatic heterocycles. The Hall–Kier alpha value is -1.36. The van der Waals surface area contributed by atoms with Crippen molar-refractivity contribution in [2.45, 2.75) is 6.42 Å². The van der Waals surface area contributed by atoms with E-state index in [1.165, 1.54) is 6.07 Å². The molecule has 0 heterocycles. The van der Waals surface area contributed by atoms with E-state index >= 15 is 0 Å². The van der Waals surface area contributed by atoms with Crippen LogP contribution >= 0.6 is 15.9 Å². The average molecular weight is 289 g/mol. The molecule has 1 aromatic carbocycles. The van der Waals surface area contributed by atoms with Crippen molar-refractivity contribution in [1.29, 1.82) is 0 Å². The summed E-state index contributed by atoms with van der Waals surface area (Å²) in [6.07, 6.45) is 2.20. The van der Waals surface area contributed by atoms with Crippen LogP contribution in [0.2, 0.25) is 0 Å². The fourth-order valence-electron chi connectivity index (χ4n) is 1.07. The van der Waals surface area contributed by atoms with Crippen LogP contribution in [0.3, 0.4) is 0 Å². The highest BCUT2D eigenvalue weighted by Crippen LogP contribution is 2.26. The molecule has 0 spiro atoms. The van der Waals surface area contributed by atoms with Crippen LogP contribution in [0.1, 0.15) is 16.8 Å². The molecule has 0 aliphatic carbocycles. The molecule has 0 aliphatic rings. The van der Waals surface area contributed by atoms with Gasteiger partial charge in [-0.05, 0) is 28.4 Å². The first-order valence-corrected chi connectivity index (χ1v) is 5.31. The van der Waals surface area contributed by atoms with Crippen molar-refractivity contribution < 1.29 is 19.0 Å². The van der Waals surface area contributed by atoms with Gasteiger partial charge in [-0.2, -0.15) is 0 Å². The summed E-state index contributed by atoms with van der Waals surface area (Å²) in [5.41, 5.74) is -0.0719. The molecular weight excluding hydrogens is 279 g/mol. The monoisotopic (exact) mass is 288 g/mol. The maximum Gasteiger partial charge on any atom is 0.339 e. The third-order valence-electron chi connectivity index (χ3n) is 1.83. The SMILES string of the molecule is C=CCCOc1cc(F)c(Br)cc1C(=O)O. The van der Waals surface area contributed by atoms with E-state index in [1.54, 1.807) is 6.08 Å². The Kier molecular flexibility index (Phi) is 4.49. The summed E-state index contributed by atoms with van der Waals surface area (Å²) in [7, 11) is 0. The van der Waals surface area contributed by atoms with Gasteiger partial charge in [0.1, 0.15) is 17.1 Å². The molecule has 5 heteroatoms. The number of hydrogen-bond donors (Lipinski definition) is 1. The molecule has 16 heavy (non-hydrogen) atoms. The minimum Gasteiger partial charge on any atom is -0.492 e. The topological polar surface area (TPSA) is 46.5 Å². The van der Waals surface area contributed by atoms with Crippen LogP contribution in [0.15, 0.2) is 29.3 Å². The predicted molar refractivity (Wildman–Crippen MR) is 61.4 cm³/mol. The maximum atomic E-state index is 13.2. The molecule has 86 valence electrons. The Morgan fingerprint density at radius 3 is 2.88 bits per heavy atom. The number of benzene rings is 1. The summed E-state index contributed by atoms with van der Waals surface area (Å²) in [4.78, 5) is 10.9. The quantitative estimate of drug-likeness (QED) is 0.668. The van der Waals surface area contributed by atoms with Crippen molar-refractivity contribution in [3.8, 4) is 5.75 Å². The summed E-state index contributed by atoms with van der Waals surface area (Å²) in [6.45, 7) is 3.77. The molecular formula is C11H10BrFO3. The average Bonchev–Trinajstić information content (AvgIpc) is 2.23. The molecule has 3 nitrogen and oxygen atoms in total. The van der Waals surface area contributed by atoms with Crippen molar-refractivity contribution in [2.24, 2.45) is 0 Å². The minimum atomic E-state index is -1.16. The van der Waals surface area contributed by atoms with Gasteiger partial charge >= 0.3 is 5.97 Å². The van der Waals surface area contributed by atoms with Crippen LogP contribution in [-0.2, 0) is 0 Å². The minimum absolute atomic E-state index is 0.0232. The Bertz CT molecular complexity index is 418. The third kappa shape index (κ3) is 3.06. The number of carbonyl (C=O) groups is 1. The molecule has 0 amide bonds. The lowest BCUT2D eigenvalue weighted by Gasteiger charge is -2.09. The molecule has 0 aromatic heterocycles. The van der Waals surface area contributed by atoms with Gasteiger partial charge < -0.3 is 9.84 Å². The largest absolute Gasteiger partial charge is 0.492 e. The molecule has 1 N–H and O–H groups in total. The van der Waals surface area contributed by atoms with E-state index in [4.69, 9.17) is 9.84 Å². The lowest BCUT2D eigenvalue weighted by atomic mass is 10.2. The molecule has 0 atom stereocenters. The molecule has 1 aromatic rings. The summed E-state index contributed by atoms with van der Waals surface area (Å²) in [5.74, 6) is -1.69. The van der Waals surface area contributed by atoms with Gasteiger partial charge in [0.25, 0.3) is 0 Å². The molecule has 0 unspecified atom stereocenters. The van der Waals surface area contributed by atoms with E-state index in [1.807, 2.05) is 0 Å². The summed E-state index contributed by atoms with van der Waals surface area (Å²) >= 11 is 2.92. The van der Waals surface area contributed by atoms with Gasteiger partial charge in [0.15, 0.2) is 0 Å². The molecule has 0 saturated heterocycles. The van der Waals surface area contributed by atoms with Crippen LogP contribution in [0.25, 0.3) is 0 Å². The van der Waals surface area contributed by atoms with Gasteiger partial charge in [-0.25, -0.2) is 9.18 Å². The number of carboxylic acids is 1. The van der Waals surface area contributed by atoms with Crippen molar-refractivity contribution in [1.82, 2.24) is 0 Å². The zero-order valence-electron chi connectivity index (χ0n) is 8.37. The number of aromatic carboxylic acids is 1. The number of rotatable bonds is 5. The van der Waals surface area contributed by atoms with Gasteiger partial charge in [-0.3, -0.25) is 0 Å². The normalized spacial score (nSPS) is 9.88. The van der Waals surface area contributed by atoms with E-state index in [9.17, 15) is 9.18 Å². The first kappa shape index (κ1) is 12.7. The number of ether oxygens (including phenoxy) is 1. The summed E-state index contributed by atoms with van der Waals surface area (Å²) in [5, 5.41) is 8.89. The number of carboxylic acid groups (broad SMARTS) is 1. The van der Waals surface area contributed by atoms with Crippen LogP contribution in [0.4, 0.5) is 4.39 Å². The van der Waals surface area contributed by atoms with E-state index in [0.717, 1.165) is 6.07 Å². The summed E-state index contributed by atoms with van der Waals surface area (Å²) < 4.78 is 18.5. The van der Waals surface area contributed by atoms with Gasteiger partial charge in [-0.1, -0.05) is 6.08 Å². The van der Waals surface area contributed by atoms with Gasteiger partial charge in [-0.15, -0.1) is 6.58 Å². The smallest absolute Gasteiger partial charge is 0.339 e. The van der Waals surface area contributed by atoms with E-state index in [2.05, 4.69) is 22.5 Å². The van der Waals surface area contributed by atoms with Gasteiger partial charge in [0.2, 0.25) is 0 Å². The maximum absolute atomic E-state index is 13.2. The second-order valence-corrected chi connectivity index (χ2v) is 3.85. The lowest BCUT2D eigenvalue weighted by Crippen LogP contribution is -2.05. The fourth-order valence-corrected chi connectivity index (χ4v) is 1.41. The molecule has 0 radical (unpaired) electrons. The highest BCUT2D eigenvalue weighted by atomic mass is 79.9. The molecule has 0 fully saturated rings. The van der Waals surface area contributed by atoms with Crippen molar-refractivity contribution >= 4 is 21.9 Å². The van der Waals surface area contributed by atoms with Crippen LogP contribution in [0, 0.1) is 5.82 Å². The van der Waals surface area contributed by atoms with Crippen molar-refractivity contribution in [3.05, 3.63) is 40.6 Å². The first-order valence-electron chi connectivity index (χ1n) is 4.52. The Morgan fingerprint density at radius 2 is 2.31 bits per heavy atom. The highest BCUT2D eigenvalue weighted by molar-refractivity contribution is 9.10. The summed E-state index contributed by atoms with van der Waals surface area (Å²) in [6, 6.07) is 2.23. The molecule has 1 rings (SSSR count). The standard InChI is InChI=1S/C11H10BrFO3/c1-2-3-4-16-10-6-9(13)8(12)5-7(10)11(14)15/h2,5-6H,1,3-4H2,(H,14,15). The first-order chi connectivity index (χ1) is 7.56. The van der Waals surface area contributed by atoms with Crippen LogP contribution in [0.5, 0.6) is 5.75 Å². The van der Waals surface area contributed by atoms with Crippen molar-refractivity contribution in [2.75, 3.05) is 6.61 Å². The third-order valence-corrected chi connectivity index (χ3v) is 2.44. The second-order valence-electron chi connectivity index (χ2n) is 2.99. The fraction of sp³-hybridized carbons (Fsp3) is 0.182. The molecule has 0 bridgehead atoms. The van der Waals surface area contributed by atoms with Crippen LogP contribution < -0.4 is 4.74 Å². The van der Waals surface area contributed by atoms with E-state index in [-0.39, 0.29) is 22.4 Å². The highest BCUT2D eigenvalue weighted by Gasteiger charge is 2.15. The zero-order valence-corrected chi connectivity index (χ0v) is 9.96.